The highest BCUT2D eigenvalue weighted by Crippen LogP contribution is 2.36. The minimum Gasteiger partial charge on any atom is -0.473 e. The molecule has 1 heteroatoms. The van der Waals surface area contributed by atoms with E-state index in [0.29, 0.717) is 11.8 Å². The molecule has 2 saturated carbocycles. The van der Waals surface area contributed by atoms with E-state index in [2.05, 4.69) is 39.8 Å². The summed E-state index contributed by atoms with van der Waals surface area (Å²) in [5.41, 5.74) is 0. The van der Waals surface area contributed by atoms with Crippen LogP contribution in [0.3, 0.4) is 0 Å². The molecule has 6 unspecified atom stereocenters. The quantitative estimate of drug-likeness (QED) is 0.562. The Morgan fingerprint density at radius 2 is 1.10 bits per heavy atom. The molecule has 0 bridgehead atoms. The predicted molar refractivity (Wildman–Crippen MR) is 90.7 cm³/mol. The molecule has 21 heavy (non-hydrogen) atoms. The Hall–Kier alpha value is -0.720. The third kappa shape index (κ3) is 4.63. The van der Waals surface area contributed by atoms with E-state index in [1.807, 2.05) is 12.5 Å². The maximum Gasteiger partial charge on any atom is 0.0864 e. The summed E-state index contributed by atoms with van der Waals surface area (Å²) < 4.78 is 5.65. The number of allylic oxidation sites excluding steroid dienone is 2. The van der Waals surface area contributed by atoms with Gasteiger partial charge in [-0.15, -0.1) is 0 Å². The number of hydrogen-bond acceptors (Lipinski definition) is 1. The van der Waals surface area contributed by atoms with Crippen LogP contribution >= 0.6 is 0 Å². The minimum absolute atomic E-state index is 0.704. The van der Waals surface area contributed by atoms with Crippen molar-refractivity contribution in [3.63, 3.8) is 0 Å². The summed E-state index contributed by atoms with van der Waals surface area (Å²) in [7, 11) is 0. The van der Waals surface area contributed by atoms with Gasteiger partial charge in [0.15, 0.2) is 0 Å². The first-order chi connectivity index (χ1) is 10.1. The Bertz CT molecular complexity index is 323. The van der Waals surface area contributed by atoms with Gasteiger partial charge in [0.05, 0.1) is 12.5 Å². The lowest BCUT2D eigenvalue weighted by atomic mass is 9.74. The van der Waals surface area contributed by atoms with Gasteiger partial charge in [0, 0.05) is 0 Å². The molecule has 2 rings (SSSR count). The van der Waals surface area contributed by atoms with Gasteiger partial charge in [-0.05, 0) is 60.5 Å². The van der Waals surface area contributed by atoms with Crippen molar-refractivity contribution in [1.29, 1.82) is 0 Å². The third-order valence-electron chi connectivity index (χ3n) is 6.35. The van der Waals surface area contributed by atoms with Crippen molar-refractivity contribution in [1.82, 2.24) is 0 Å². The summed E-state index contributed by atoms with van der Waals surface area (Å²) in [6, 6.07) is 0. The van der Waals surface area contributed by atoms with Gasteiger partial charge in [0.25, 0.3) is 0 Å². The van der Waals surface area contributed by atoms with Crippen molar-refractivity contribution in [2.45, 2.75) is 66.2 Å². The molecule has 2 fully saturated rings. The zero-order valence-corrected chi connectivity index (χ0v) is 14.4. The van der Waals surface area contributed by atoms with Gasteiger partial charge < -0.3 is 4.74 Å². The van der Waals surface area contributed by atoms with E-state index in [-0.39, 0.29) is 0 Å². The fourth-order valence-corrected chi connectivity index (χ4v) is 4.13. The van der Waals surface area contributed by atoms with E-state index >= 15 is 0 Å². The molecule has 0 aromatic heterocycles. The van der Waals surface area contributed by atoms with Crippen molar-refractivity contribution in [3.05, 3.63) is 24.7 Å². The number of hydrogen-bond donors (Lipinski definition) is 0. The fourth-order valence-electron chi connectivity index (χ4n) is 4.13. The normalized spacial score (nSPS) is 41.7. The summed E-state index contributed by atoms with van der Waals surface area (Å²) in [5.74, 6) is 4.71. The molecule has 120 valence electrons. The van der Waals surface area contributed by atoms with Crippen LogP contribution in [0.2, 0.25) is 0 Å². The molecule has 2 aliphatic carbocycles. The molecule has 2 aliphatic rings. The first-order valence-corrected chi connectivity index (χ1v) is 9.08. The summed E-state index contributed by atoms with van der Waals surface area (Å²) in [5, 5.41) is 0. The maximum absolute atomic E-state index is 5.65. The van der Waals surface area contributed by atoms with Crippen LogP contribution in [0, 0.1) is 35.5 Å². The first kappa shape index (κ1) is 16.6. The van der Waals surface area contributed by atoms with Crippen molar-refractivity contribution in [2.24, 2.45) is 35.5 Å². The minimum atomic E-state index is 0.704. The topological polar surface area (TPSA) is 9.23 Å². The van der Waals surface area contributed by atoms with Gasteiger partial charge >= 0.3 is 0 Å². The molecule has 0 aromatic rings. The molecule has 0 heterocycles. The third-order valence-corrected chi connectivity index (χ3v) is 6.35. The van der Waals surface area contributed by atoms with Crippen LogP contribution in [0.5, 0.6) is 0 Å². The average Bonchev–Trinajstić information content (AvgIpc) is 2.47. The Morgan fingerprint density at radius 3 is 1.52 bits per heavy atom. The van der Waals surface area contributed by atoms with E-state index in [1.54, 1.807) is 0 Å². The second kappa shape index (κ2) is 8.06. The second-order valence-corrected chi connectivity index (χ2v) is 7.66. The lowest BCUT2D eigenvalue weighted by molar-refractivity contribution is 0.212. The van der Waals surface area contributed by atoms with Crippen molar-refractivity contribution in [3.8, 4) is 0 Å². The fraction of sp³-hybridized carbons (Fsp3) is 0.800. The molecule has 6 atom stereocenters. The molecular weight excluding hydrogens is 256 g/mol. The van der Waals surface area contributed by atoms with Crippen LogP contribution < -0.4 is 0 Å². The van der Waals surface area contributed by atoms with Gasteiger partial charge in [-0.3, -0.25) is 0 Å². The molecule has 0 radical (unpaired) electrons. The van der Waals surface area contributed by atoms with E-state index < -0.39 is 0 Å². The predicted octanol–water partition coefficient (Wildman–Crippen LogP) is 6.18. The summed E-state index contributed by atoms with van der Waals surface area (Å²) in [4.78, 5) is 0. The lowest BCUT2D eigenvalue weighted by Gasteiger charge is -2.32. The standard InChI is InChI=1S/C20H34O/c1-15-7-5-9-19(17(15)3)11-13-21-14-12-20-10-6-8-16(2)18(20)4/h11-20H,5-10H2,1-4H3. The Kier molecular flexibility index (Phi) is 6.39. The second-order valence-electron chi connectivity index (χ2n) is 7.66. The highest BCUT2D eigenvalue weighted by atomic mass is 16.5. The SMILES string of the molecule is CC1CCCC(C=COC=CC2CCCC(C)C2C)C1C. The zero-order chi connectivity index (χ0) is 15.2. The van der Waals surface area contributed by atoms with Crippen molar-refractivity contribution >= 4 is 0 Å². The van der Waals surface area contributed by atoms with E-state index in [9.17, 15) is 0 Å². The van der Waals surface area contributed by atoms with Gasteiger partial charge in [-0.25, -0.2) is 0 Å². The van der Waals surface area contributed by atoms with Crippen molar-refractivity contribution < 1.29 is 4.74 Å². The molecule has 0 spiro atoms. The molecule has 1 nitrogen and oxygen atoms in total. The monoisotopic (exact) mass is 290 g/mol. The molecule has 0 aliphatic heterocycles. The number of ether oxygens (including phenoxy) is 1. The van der Waals surface area contributed by atoms with Crippen LogP contribution in [0.4, 0.5) is 0 Å². The summed E-state index contributed by atoms with van der Waals surface area (Å²) >= 11 is 0. The number of rotatable bonds is 4. The summed E-state index contributed by atoms with van der Waals surface area (Å²) in [6.45, 7) is 9.55. The van der Waals surface area contributed by atoms with Crippen LogP contribution in [-0.2, 0) is 4.74 Å². The highest BCUT2D eigenvalue weighted by Gasteiger charge is 2.26. The lowest BCUT2D eigenvalue weighted by Crippen LogP contribution is -2.22. The molecule has 0 N–H and O–H groups in total. The average molecular weight is 290 g/mol. The largest absolute Gasteiger partial charge is 0.473 e. The van der Waals surface area contributed by atoms with E-state index in [4.69, 9.17) is 4.74 Å². The Morgan fingerprint density at radius 1 is 0.667 bits per heavy atom. The smallest absolute Gasteiger partial charge is 0.0864 e. The van der Waals surface area contributed by atoms with Crippen LogP contribution in [0.25, 0.3) is 0 Å². The van der Waals surface area contributed by atoms with Crippen LogP contribution in [0.1, 0.15) is 66.2 Å². The highest BCUT2D eigenvalue weighted by molar-refractivity contribution is 4.94. The molecular formula is C20H34O. The van der Waals surface area contributed by atoms with Gasteiger partial charge in [-0.1, -0.05) is 53.4 Å². The first-order valence-electron chi connectivity index (χ1n) is 9.08. The van der Waals surface area contributed by atoms with Crippen LogP contribution in [0.15, 0.2) is 24.7 Å². The Balaban J connectivity index is 1.75. The van der Waals surface area contributed by atoms with Gasteiger partial charge in [0.1, 0.15) is 0 Å². The molecule has 0 amide bonds. The maximum atomic E-state index is 5.65. The van der Waals surface area contributed by atoms with Gasteiger partial charge in [0.2, 0.25) is 0 Å². The van der Waals surface area contributed by atoms with Crippen LogP contribution in [-0.4, -0.2) is 0 Å². The Labute approximate surface area is 131 Å². The van der Waals surface area contributed by atoms with E-state index in [1.165, 1.54) is 38.5 Å². The summed E-state index contributed by atoms with van der Waals surface area (Å²) in [6.07, 6.45) is 16.6. The van der Waals surface area contributed by atoms with Gasteiger partial charge in [-0.2, -0.15) is 0 Å². The zero-order valence-electron chi connectivity index (χ0n) is 14.4. The van der Waals surface area contributed by atoms with E-state index in [0.717, 1.165) is 23.7 Å². The molecule has 0 aromatic carbocycles. The molecule has 0 saturated heterocycles. The van der Waals surface area contributed by atoms with Crippen molar-refractivity contribution in [2.75, 3.05) is 0 Å².